The number of nitrogens with two attached hydrogens (primary N) is 1. The van der Waals surface area contributed by atoms with Crippen LogP contribution in [0.4, 0.5) is 5.82 Å². The van der Waals surface area contributed by atoms with Crippen LogP contribution in [0.2, 0.25) is 0 Å². The molecule has 2 aliphatic rings. The van der Waals surface area contributed by atoms with Gasteiger partial charge in [0.15, 0.2) is 5.17 Å². The zero-order valence-corrected chi connectivity index (χ0v) is 11.8. The predicted molar refractivity (Wildman–Crippen MR) is 76.3 cm³/mol. The van der Waals surface area contributed by atoms with E-state index in [2.05, 4.69) is 10.3 Å². The highest BCUT2D eigenvalue weighted by atomic mass is 32.2. The first kappa shape index (κ1) is 12.3. The Balaban J connectivity index is 2.04. The molecule has 0 aromatic carbocycles. The SMILES string of the molecule is CNc1csc(C23COCCC2CSC(N)=N3)n1. The van der Waals surface area contributed by atoms with Crippen molar-refractivity contribution in [3.05, 3.63) is 10.4 Å². The smallest absolute Gasteiger partial charge is 0.154 e. The van der Waals surface area contributed by atoms with Crippen molar-refractivity contribution in [2.24, 2.45) is 16.6 Å². The molecule has 1 aromatic rings. The second-order valence-electron chi connectivity index (χ2n) is 4.51. The van der Waals surface area contributed by atoms with E-state index in [4.69, 9.17) is 15.5 Å². The molecule has 2 atom stereocenters. The number of nitrogens with zero attached hydrogens (tertiary/aromatic N) is 2. The molecule has 3 heterocycles. The predicted octanol–water partition coefficient (Wildman–Crippen LogP) is 1.48. The third-order valence-electron chi connectivity index (χ3n) is 3.48. The van der Waals surface area contributed by atoms with Crippen molar-refractivity contribution < 1.29 is 4.74 Å². The van der Waals surface area contributed by atoms with E-state index >= 15 is 0 Å². The number of hydrogen-bond donors (Lipinski definition) is 2. The first-order chi connectivity index (χ1) is 8.74. The highest BCUT2D eigenvalue weighted by Gasteiger charge is 2.47. The molecule has 0 radical (unpaired) electrons. The van der Waals surface area contributed by atoms with Crippen molar-refractivity contribution in [2.75, 3.05) is 31.3 Å². The zero-order valence-electron chi connectivity index (χ0n) is 10.2. The van der Waals surface area contributed by atoms with Gasteiger partial charge < -0.3 is 15.8 Å². The Morgan fingerprint density at radius 2 is 2.50 bits per heavy atom. The fourth-order valence-corrected chi connectivity index (χ4v) is 4.50. The lowest BCUT2D eigenvalue weighted by molar-refractivity contribution is 0.00448. The minimum absolute atomic E-state index is 0.354. The molecular weight excluding hydrogens is 268 g/mol. The summed E-state index contributed by atoms with van der Waals surface area (Å²) < 4.78 is 5.66. The Kier molecular flexibility index (Phi) is 3.21. The Hall–Kier alpha value is -0.790. The average Bonchev–Trinajstić information content (AvgIpc) is 2.87. The van der Waals surface area contributed by atoms with Gasteiger partial charge in [0.1, 0.15) is 16.4 Å². The lowest BCUT2D eigenvalue weighted by Crippen LogP contribution is -2.47. The van der Waals surface area contributed by atoms with Gasteiger partial charge in [-0.2, -0.15) is 0 Å². The van der Waals surface area contributed by atoms with Gasteiger partial charge in [-0.3, -0.25) is 0 Å². The normalized spacial score (nSPS) is 31.6. The highest BCUT2D eigenvalue weighted by Crippen LogP contribution is 2.45. The van der Waals surface area contributed by atoms with Crippen molar-refractivity contribution in [3.63, 3.8) is 0 Å². The van der Waals surface area contributed by atoms with E-state index < -0.39 is 0 Å². The van der Waals surface area contributed by atoms with E-state index in [9.17, 15) is 0 Å². The van der Waals surface area contributed by atoms with Crippen LogP contribution < -0.4 is 11.1 Å². The molecule has 1 aromatic heterocycles. The van der Waals surface area contributed by atoms with Crippen molar-refractivity contribution in [1.82, 2.24) is 4.98 Å². The zero-order chi connectivity index (χ0) is 12.6. The number of amidine groups is 1. The van der Waals surface area contributed by atoms with Gasteiger partial charge in [-0.05, 0) is 6.42 Å². The number of hydrogen-bond acceptors (Lipinski definition) is 7. The molecule has 0 amide bonds. The summed E-state index contributed by atoms with van der Waals surface area (Å²) in [6, 6.07) is 0. The molecule has 1 saturated heterocycles. The van der Waals surface area contributed by atoms with Crippen molar-refractivity contribution >= 4 is 34.1 Å². The first-order valence-corrected chi connectivity index (χ1v) is 7.81. The minimum atomic E-state index is -0.354. The van der Waals surface area contributed by atoms with Gasteiger partial charge in [0.05, 0.1) is 6.61 Å². The molecule has 1 fully saturated rings. The van der Waals surface area contributed by atoms with E-state index in [1.807, 2.05) is 12.4 Å². The molecule has 0 bridgehead atoms. The number of rotatable bonds is 2. The minimum Gasteiger partial charge on any atom is -0.379 e. The molecule has 7 heteroatoms. The Morgan fingerprint density at radius 1 is 1.61 bits per heavy atom. The number of thiazole rings is 1. The van der Waals surface area contributed by atoms with E-state index in [0.717, 1.165) is 29.6 Å². The van der Waals surface area contributed by atoms with E-state index in [1.165, 1.54) is 0 Å². The summed E-state index contributed by atoms with van der Waals surface area (Å²) in [6.45, 7) is 1.41. The van der Waals surface area contributed by atoms with Gasteiger partial charge in [-0.15, -0.1) is 11.3 Å². The molecular formula is C11H16N4OS2. The summed E-state index contributed by atoms with van der Waals surface area (Å²) in [5.74, 6) is 2.37. The Bertz CT molecular complexity index is 475. The lowest BCUT2D eigenvalue weighted by Gasteiger charge is -2.41. The molecule has 5 nitrogen and oxygen atoms in total. The van der Waals surface area contributed by atoms with Crippen LogP contribution in [0.1, 0.15) is 11.4 Å². The van der Waals surface area contributed by atoms with E-state index in [0.29, 0.717) is 17.7 Å². The van der Waals surface area contributed by atoms with Crippen LogP contribution in [0.5, 0.6) is 0 Å². The van der Waals surface area contributed by atoms with E-state index in [-0.39, 0.29) is 5.54 Å². The van der Waals surface area contributed by atoms with Crippen LogP contribution >= 0.6 is 23.1 Å². The van der Waals surface area contributed by atoms with Crippen LogP contribution in [0.3, 0.4) is 0 Å². The molecule has 98 valence electrons. The monoisotopic (exact) mass is 284 g/mol. The highest BCUT2D eigenvalue weighted by molar-refractivity contribution is 8.13. The number of ether oxygens (including phenoxy) is 1. The molecule has 2 unspecified atom stereocenters. The summed E-state index contributed by atoms with van der Waals surface area (Å²) in [7, 11) is 1.87. The van der Waals surface area contributed by atoms with E-state index in [1.54, 1.807) is 23.1 Å². The third-order valence-corrected chi connectivity index (χ3v) is 5.45. The van der Waals surface area contributed by atoms with Crippen LogP contribution in [0, 0.1) is 5.92 Å². The summed E-state index contributed by atoms with van der Waals surface area (Å²) in [4.78, 5) is 9.32. The average molecular weight is 284 g/mol. The number of thioether (sulfide) groups is 1. The molecule has 18 heavy (non-hydrogen) atoms. The fraction of sp³-hybridized carbons (Fsp3) is 0.636. The standard InChI is InChI=1S/C11H16N4OS2/c1-13-8-5-17-9(14-8)11-6-16-3-2-7(11)4-18-10(12)15-11/h5,7,13H,2-4,6H2,1H3,(H2,12,15). The molecule has 0 aliphatic carbocycles. The van der Waals surface area contributed by atoms with Crippen LogP contribution in [0.25, 0.3) is 0 Å². The number of aromatic nitrogens is 1. The van der Waals surface area contributed by atoms with Crippen molar-refractivity contribution in [3.8, 4) is 0 Å². The number of aliphatic imine (C=N–C) groups is 1. The summed E-state index contributed by atoms with van der Waals surface area (Å²) in [5, 5.41) is 6.75. The quantitative estimate of drug-likeness (QED) is 0.860. The van der Waals surface area contributed by atoms with Crippen LogP contribution in [0.15, 0.2) is 10.4 Å². The maximum Gasteiger partial charge on any atom is 0.154 e. The van der Waals surface area contributed by atoms with Crippen LogP contribution in [-0.4, -0.2) is 36.2 Å². The summed E-state index contributed by atoms with van der Waals surface area (Å²) >= 11 is 3.28. The van der Waals surface area contributed by atoms with Gasteiger partial charge >= 0.3 is 0 Å². The third kappa shape index (κ3) is 1.90. The topological polar surface area (TPSA) is 72.5 Å². The second-order valence-corrected chi connectivity index (χ2v) is 6.41. The van der Waals surface area contributed by atoms with Gasteiger partial charge in [0.25, 0.3) is 0 Å². The Morgan fingerprint density at radius 3 is 3.28 bits per heavy atom. The van der Waals surface area contributed by atoms with Crippen molar-refractivity contribution in [1.29, 1.82) is 0 Å². The maximum atomic E-state index is 5.92. The van der Waals surface area contributed by atoms with Gasteiger partial charge in [-0.25, -0.2) is 9.98 Å². The fourth-order valence-electron chi connectivity index (χ4n) is 2.44. The molecule has 0 spiro atoms. The maximum absolute atomic E-state index is 5.92. The van der Waals surface area contributed by atoms with Gasteiger partial charge in [0, 0.05) is 30.7 Å². The van der Waals surface area contributed by atoms with Crippen molar-refractivity contribution in [2.45, 2.75) is 12.0 Å². The summed E-state index contributed by atoms with van der Waals surface area (Å²) in [6.07, 6.45) is 1.03. The second kappa shape index (κ2) is 4.71. The molecule has 0 saturated carbocycles. The lowest BCUT2D eigenvalue weighted by atomic mass is 9.82. The molecule has 3 N–H and O–H groups in total. The Labute approximate surface area is 114 Å². The molecule has 3 rings (SSSR count). The number of anilines is 1. The number of fused-ring (bicyclic) bond motifs is 1. The van der Waals surface area contributed by atoms with Gasteiger partial charge in [0.2, 0.25) is 0 Å². The number of nitrogens with one attached hydrogen (secondary N) is 1. The largest absolute Gasteiger partial charge is 0.379 e. The summed E-state index contributed by atoms with van der Waals surface area (Å²) in [5.41, 5.74) is 5.57. The van der Waals surface area contributed by atoms with Gasteiger partial charge in [-0.1, -0.05) is 11.8 Å². The van der Waals surface area contributed by atoms with Crippen LogP contribution in [-0.2, 0) is 10.3 Å². The first-order valence-electron chi connectivity index (χ1n) is 5.94. The molecule has 2 aliphatic heterocycles.